The molecule has 0 saturated heterocycles. The van der Waals surface area contributed by atoms with Gasteiger partial charge in [0.15, 0.2) is 0 Å². The molecule has 0 aliphatic carbocycles. The van der Waals surface area contributed by atoms with Gasteiger partial charge in [0.1, 0.15) is 0 Å². The number of benzene rings is 1. The van der Waals surface area contributed by atoms with E-state index < -0.39 is 10.1 Å². The molecule has 0 bridgehead atoms. The van der Waals surface area contributed by atoms with E-state index in [1.54, 1.807) is 24.3 Å². The van der Waals surface area contributed by atoms with Gasteiger partial charge in [0, 0.05) is 29.6 Å². The van der Waals surface area contributed by atoms with E-state index in [1.807, 2.05) is 6.07 Å². The van der Waals surface area contributed by atoms with Crippen molar-refractivity contribution in [1.82, 2.24) is 0 Å². The van der Waals surface area contributed by atoms with Crippen molar-refractivity contribution in [3.63, 3.8) is 0 Å². The third-order valence-electron chi connectivity index (χ3n) is 1.58. The minimum atomic E-state index is -4.04. The molecule has 14 heavy (non-hydrogen) atoms. The summed E-state index contributed by atoms with van der Waals surface area (Å²) in [6.07, 6.45) is 1.41. The van der Waals surface area contributed by atoms with E-state index in [1.165, 1.54) is 13.0 Å². The maximum atomic E-state index is 10.6. The minimum Gasteiger partial charge on any atom is -0.282 e. The van der Waals surface area contributed by atoms with E-state index in [9.17, 15) is 8.42 Å². The zero-order valence-corrected chi connectivity index (χ0v) is 11.0. The van der Waals surface area contributed by atoms with E-state index in [4.69, 9.17) is 4.55 Å². The van der Waals surface area contributed by atoms with E-state index in [0.717, 1.165) is 5.56 Å². The molecule has 0 aliphatic heterocycles. The van der Waals surface area contributed by atoms with Crippen molar-refractivity contribution in [2.75, 3.05) is 0 Å². The monoisotopic (exact) mass is 221 g/mol. The van der Waals surface area contributed by atoms with Crippen LogP contribution in [0.15, 0.2) is 35.2 Å². The van der Waals surface area contributed by atoms with Crippen molar-refractivity contribution in [3.8, 4) is 0 Å². The SMILES string of the molecule is CC(=Cc1ccccc1)S(=O)(=O)O.[Na]. The van der Waals surface area contributed by atoms with Gasteiger partial charge >= 0.3 is 0 Å². The molecule has 0 fully saturated rings. The molecular formula is C9H10NaO3S. The Morgan fingerprint density at radius 3 is 2.21 bits per heavy atom. The molecule has 0 aromatic heterocycles. The molecule has 1 aromatic carbocycles. The maximum Gasteiger partial charge on any atom is 0.290 e. The van der Waals surface area contributed by atoms with Gasteiger partial charge in [-0.25, -0.2) is 0 Å². The number of rotatable bonds is 2. The second-order valence-electron chi connectivity index (χ2n) is 2.64. The maximum absolute atomic E-state index is 10.6. The van der Waals surface area contributed by atoms with Gasteiger partial charge in [-0.2, -0.15) is 8.42 Å². The van der Waals surface area contributed by atoms with Crippen molar-refractivity contribution < 1.29 is 13.0 Å². The molecule has 0 heterocycles. The van der Waals surface area contributed by atoms with Gasteiger partial charge in [-0.1, -0.05) is 30.3 Å². The molecule has 0 atom stereocenters. The Labute approximate surface area is 106 Å². The Bertz CT molecular complexity index is 409. The molecule has 0 saturated carbocycles. The zero-order valence-electron chi connectivity index (χ0n) is 8.14. The van der Waals surface area contributed by atoms with Gasteiger partial charge in [-0.3, -0.25) is 4.55 Å². The summed E-state index contributed by atoms with van der Waals surface area (Å²) in [5.74, 6) is 0. The fraction of sp³-hybridized carbons (Fsp3) is 0.111. The molecule has 0 aliphatic rings. The van der Waals surface area contributed by atoms with Crippen molar-refractivity contribution in [2.24, 2.45) is 0 Å². The minimum absolute atomic E-state index is 0. The Morgan fingerprint density at radius 2 is 1.79 bits per heavy atom. The average molecular weight is 221 g/mol. The third-order valence-corrected chi connectivity index (χ3v) is 2.51. The van der Waals surface area contributed by atoms with Gasteiger partial charge in [-0.05, 0) is 18.6 Å². The first-order chi connectivity index (χ1) is 6.00. The van der Waals surface area contributed by atoms with Crippen LogP contribution in [0.25, 0.3) is 6.08 Å². The normalized spacial score (nSPS) is 12.0. The number of allylic oxidation sites excluding steroid dienone is 1. The molecule has 71 valence electrons. The molecular weight excluding hydrogens is 211 g/mol. The fourth-order valence-corrected chi connectivity index (χ4v) is 1.14. The molecule has 1 rings (SSSR count). The van der Waals surface area contributed by atoms with Crippen LogP contribution in [0.3, 0.4) is 0 Å². The average Bonchev–Trinajstić information content (AvgIpc) is 2.04. The summed E-state index contributed by atoms with van der Waals surface area (Å²) in [4.78, 5) is -0.0568. The van der Waals surface area contributed by atoms with Crippen LogP contribution in [0.2, 0.25) is 0 Å². The van der Waals surface area contributed by atoms with E-state index in [-0.39, 0.29) is 34.5 Å². The van der Waals surface area contributed by atoms with Crippen LogP contribution in [0.1, 0.15) is 12.5 Å². The van der Waals surface area contributed by atoms with Crippen LogP contribution in [-0.2, 0) is 10.1 Å². The third kappa shape index (κ3) is 4.39. The summed E-state index contributed by atoms with van der Waals surface area (Å²) in [7, 11) is -4.04. The predicted octanol–water partition coefficient (Wildman–Crippen LogP) is 1.55. The quantitative estimate of drug-likeness (QED) is 0.609. The summed E-state index contributed by atoms with van der Waals surface area (Å²) >= 11 is 0. The smallest absolute Gasteiger partial charge is 0.282 e. The first-order valence-corrected chi connectivity index (χ1v) is 5.15. The van der Waals surface area contributed by atoms with Gasteiger partial charge in [0.25, 0.3) is 10.1 Å². The van der Waals surface area contributed by atoms with Crippen LogP contribution in [0.4, 0.5) is 0 Å². The van der Waals surface area contributed by atoms with Crippen molar-refractivity contribution in [3.05, 3.63) is 40.8 Å². The summed E-state index contributed by atoms with van der Waals surface area (Å²) in [6.45, 7) is 1.35. The van der Waals surface area contributed by atoms with E-state index in [0.29, 0.717) is 0 Å². The summed E-state index contributed by atoms with van der Waals surface area (Å²) in [5.41, 5.74) is 0.748. The molecule has 5 heteroatoms. The Balaban J connectivity index is 0.00000169. The Hall–Kier alpha value is -0.130. The number of hydrogen-bond donors (Lipinski definition) is 1. The van der Waals surface area contributed by atoms with Gasteiger partial charge in [0.05, 0.1) is 4.91 Å². The Kier molecular flexibility index (Phi) is 5.63. The first-order valence-electron chi connectivity index (χ1n) is 3.71. The molecule has 1 aromatic rings. The number of hydrogen-bond acceptors (Lipinski definition) is 2. The second kappa shape index (κ2) is 5.68. The summed E-state index contributed by atoms with van der Waals surface area (Å²) in [5, 5.41) is 0. The molecule has 0 spiro atoms. The topological polar surface area (TPSA) is 54.4 Å². The molecule has 1 N–H and O–H groups in total. The van der Waals surface area contributed by atoms with Gasteiger partial charge in [0.2, 0.25) is 0 Å². The first kappa shape index (κ1) is 13.9. The standard InChI is InChI=1S/C9H10O3S.Na/c1-8(13(10,11)12)7-9-5-3-2-4-6-9;/h2-7H,1H3,(H,10,11,12);. The van der Waals surface area contributed by atoms with Crippen LogP contribution in [0, 0.1) is 0 Å². The van der Waals surface area contributed by atoms with Crippen LogP contribution in [-0.4, -0.2) is 42.5 Å². The molecule has 3 nitrogen and oxygen atoms in total. The Morgan fingerprint density at radius 1 is 1.29 bits per heavy atom. The molecule has 0 amide bonds. The van der Waals surface area contributed by atoms with E-state index >= 15 is 0 Å². The van der Waals surface area contributed by atoms with Crippen LogP contribution >= 0.6 is 0 Å². The fourth-order valence-electron chi connectivity index (χ4n) is 0.858. The zero-order chi connectivity index (χ0) is 9.90. The van der Waals surface area contributed by atoms with Crippen LogP contribution in [0.5, 0.6) is 0 Å². The van der Waals surface area contributed by atoms with E-state index in [2.05, 4.69) is 0 Å². The van der Waals surface area contributed by atoms with Gasteiger partial charge in [-0.15, -0.1) is 0 Å². The second-order valence-corrected chi connectivity index (χ2v) is 4.23. The van der Waals surface area contributed by atoms with Gasteiger partial charge < -0.3 is 0 Å². The molecule has 0 unspecified atom stereocenters. The van der Waals surface area contributed by atoms with Crippen LogP contribution < -0.4 is 0 Å². The van der Waals surface area contributed by atoms with Crippen molar-refractivity contribution >= 4 is 45.8 Å². The largest absolute Gasteiger partial charge is 0.290 e. The molecule has 1 radical (unpaired) electrons. The van der Waals surface area contributed by atoms with Crippen molar-refractivity contribution in [2.45, 2.75) is 6.92 Å². The predicted molar refractivity (Wildman–Crippen MR) is 57.4 cm³/mol. The van der Waals surface area contributed by atoms with Crippen molar-refractivity contribution in [1.29, 1.82) is 0 Å². The summed E-state index contributed by atoms with van der Waals surface area (Å²) < 4.78 is 29.9. The summed E-state index contributed by atoms with van der Waals surface area (Å²) in [6, 6.07) is 8.94.